The van der Waals surface area contributed by atoms with E-state index in [1.165, 1.54) is 22.2 Å². The van der Waals surface area contributed by atoms with E-state index in [-0.39, 0.29) is 50.0 Å². The molecular formula is C21H26F3N7O4. The number of carbonyl (C=O) groups excluding carboxylic acids is 2. The standard InChI is InChI=1S/C21H26F3N7O4/c1-13(29-19(33)35-20(2,3)4)11-34-16-7-15(27-12-28-16)31-6-5-30(10-17(31)32)18-25-8-14(9-26-18)21(22,23)24/h7-9,12-13H,5-6,10-11H2,1-4H3,(H,29,33). The Morgan fingerprint density at radius 3 is 2.43 bits per heavy atom. The zero-order chi connectivity index (χ0) is 25.8. The van der Waals surface area contributed by atoms with Crippen LogP contribution in [0.2, 0.25) is 0 Å². The highest BCUT2D eigenvalue weighted by Gasteiger charge is 2.32. The Hall–Kier alpha value is -3.71. The van der Waals surface area contributed by atoms with Crippen molar-refractivity contribution in [3.05, 3.63) is 30.4 Å². The van der Waals surface area contributed by atoms with Crippen molar-refractivity contribution in [2.45, 2.75) is 45.5 Å². The van der Waals surface area contributed by atoms with Gasteiger partial charge >= 0.3 is 12.3 Å². The molecule has 0 bridgehead atoms. The number of amides is 2. The van der Waals surface area contributed by atoms with Gasteiger partial charge in [-0.15, -0.1) is 0 Å². The summed E-state index contributed by atoms with van der Waals surface area (Å²) in [5.41, 5.74) is -1.59. The van der Waals surface area contributed by atoms with E-state index in [0.717, 1.165) is 0 Å². The molecular weight excluding hydrogens is 471 g/mol. The lowest BCUT2D eigenvalue weighted by atomic mass is 10.2. The quantitative estimate of drug-likeness (QED) is 0.641. The minimum Gasteiger partial charge on any atom is -0.475 e. The SMILES string of the molecule is CC(COc1cc(N2CCN(c3ncc(C(F)(F)F)cn3)CC2=O)ncn1)NC(=O)OC(C)(C)C. The number of hydrogen-bond acceptors (Lipinski definition) is 9. The van der Waals surface area contributed by atoms with Gasteiger partial charge in [0.15, 0.2) is 0 Å². The Kier molecular flexibility index (Phi) is 7.60. The molecule has 14 heteroatoms. The number of carbonyl (C=O) groups is 2. The highest BCUT2D eigenvalue weighted by molar-refractivity contribution is 5.96. The summed E-state index contributed by atoms with van der Waals surface area (Å²) in [7, 11) is 0. The van der Waals surface area contributed by atoms with Crippen molar-refractivity contribution < 1.29 is 32.2 Å². The number of rotatable bonds is 6. The molecule has 0 aliphatic carbocycles. The highest BCUT2D eigenvalue weighted by atomic mass is 19.4. The lowest BCUT2D eigenvalue weighted by Crippen LogP contribution is -2.51. The summed E-state index contributed by atoms with van der Waals surface area (Å²) in [6, 6.07) is 1.11. The molecule has 11 nitrogen and oxygen atoms in total. The van der Waals surface area contributed by atoms with Gasteiger partial charge in [-0.3, -0.25) is 9.69 Å². The summed E-state index contributed by atoms with van der Waals surface area (Å²) in [4.78, 5) is 43.1. The Morgan fingerprint density at radius 1 is 1.14 bits per heavy atom. The van der Waals surface area contributed by atoms with Gasteiger partial charge < -0.3 is 19.7 Å². The predicted molar refractivity (Wildman–Crippen MR) is 118 cm³/mol. The number of alkyl carbamates (subject to hydrolysis) is 1. The third-order valence-corrected chi connectivity index (χ3v) is 4.62. The maximum Gasteiger partial charge on any atom is 0.419 e. The van der Waals surface area contributed by atoms with Crippen LogP contribution in [0.15, 0.2) is 24.8 Å². The van der Waals surface area contributed by atoms with Gasteiger partial charge in [0.1, 0.15) is 30.9 Å². The molecule has 2 aromatic heterocycles. The van der Waals surface area contributed by atoms with Crippen molar-refractivity contribution in [1.82, 2.24) is 25.3 Å². The number of anilines is 2. The molecule has 35 heavy (non-hydrogen) atoms. The zero-order valence-electron chi connectivity index (χ0n) is 19.7. The predicted octanol–water partition coefficient (Wildman–Crippen LogP) is 2.43. The van der Waals surface area contributed by atoms with Gasteiger partial charge in [-0.05, 0) is 27.7 Å². The summed E-state index contributed by atoms with van der Waals surface area (Å²) in [6.45, 7) is 7.46. The first-order valence-corrected chi connectivity index (χ1v) is 10.7. The van der Waals surface area contributed by atoms with E-state index in [1.807, 2.05) is 0 Å². The topological polar surface area (TPSA) is 123 Å². The molecule has 0 saturated carbocycles. The molecule has 1 aliphatic rings. The fraction of sp³-hybridized carbons (Fsp3) is 0.524. The van der Waals surface area contributed by atoms with Crippen LogP contribution in [-0.4, -0.2) is 69.8 Å². The van der Waals surface area contributed by atoms with E-state index in [4.69, 9.17) is 9.47 Å². The minimum absolute atomic E-state index is 0.0317. The van der Waals surface area contributed by atoms with Crippen LogP contribution in [0.3, 0.4) is 0 Å². The van der Waals surface area contributed by atoms with Crippen molar-refractivity contribution in [2.75, 3.05) is 36.0 Å². The molecule has 190 valence electrons. The van der Waals surface area contributed by atoms with Crippen LogP contribution < -0.4 is 19.9 Å². The molecule has 1 saturated heterocycles. The number of piperazine rings is 1. The normalized spacial score (nSPS) is 15.6. The van der Waals surface area contributed by atoms with E-state index in [9.17, 15) is 22.8 Å². The van der Waals surface area contributed by atoms with Gasteiger partial charge in [0, 0.05) is 31.5 Å². The van der Waals surface area contributed by atoms with Gasteiger partial charge in [-0.2, -0.15) is 13.2 Å². The summed E-state index contributed by atoms with van der Waals surface area (Å²) in [6.07, 6.45) is -2.49. The number of aromatic nitrogens is 4. The largest absolute Gasteiger partial charge is 0.475 e. The maximum absolute atomic E-state index is 12.7. The van der Waals surface area contributed by atoms with E-state index >= 15 is 0 Å². The Bertz CT molecular complexity index is 1040. The zero-order valence-corrected chi connectivity index (χ0v) is 19.7. The molecule has 1 atom stereocenters. The van der Waals surface area contributed by atoms with Crippen molar-refractivity contribution in [3.8, 4) is 5.88 Å². The number of alkyl halides is 3. The number of ether oxygens (including phenoxy) is 2. The fourth-order valence-electron chi connectivity index (χ4n) is 3.03. The first-order valence-electron chi connectivity index (χ1n) is 10.7. The lowest BCUT2D eigenvalue weighted by molar-refractivity contribution is -0.138. The molecule has 3 heterocycles. The second-order valence-corrected chi connectivity index (χ2v) is 8.81. The number of hydrogen-bond donors (Lipinski definition) is 1. The van der Waals surface area contributed by atoms with E-state index < -0.39 is 23.4 Å². The Labute approximate surface area is 199 Å². The van der Waals surface area contributed by atoms with Crippen molar-refractivity contribution in [3.63, 3.8) is 0 Å². The molecule has 1 N–H and O–H groups in total. The van der Waals surface area contributed by atoms with Crippen molar-refractivity contribution in [1.29, 1.82) is 0 Å². The van der Waals surface area contributed by atoms with Crippen molar-refractivity contribution in [2.24, 2.45) is 0 Å². The second kappa shape index (κ2) is 10.3. The van der Waals surface area contributed by atoms with Crippen LogP contribution in [0.1, 0.15) is 33.3 Å². The van der Waals surface area contributed by atoms with E-state index in [2.05, 4.69) is 25.3 Å². The Morgan fingerprint density at radius 2 is 1.83 bits per heavy atom. The van der Waals surface area contributed by atoms with Gasteiger partial charge in [0.05, 0.1) is 11.6 Å². The number of nitrogens with zero attached hydrogens (tertiary/aromatic N) is 6. The molecule has 0 aromatic carbocycles. The molecule has 0 spiro atoms. The number of nitrogens with one attached hydrogen (secondary N) is 1. The maximum atomic E-state index is 12.7. The monoisotopic (exact) mass is 497 g/mol. The van der Waals surface area contributed by atoms with Crippen LogP contribution in [0.5, 0.6) is 5.88 Å². The minimum atomic E-state index is -4.54. The van der Waals surface area contributed by atoms with E-state index in [0.29, 0.717) is 18.2 Å². The number of halogens is 3. The van der Waals surface area contributed by atoms with Gasteiger partial charge in [0.2, 0.25) is 17.7 Å². The average molecular weight is 497 g/mol. The van der Waals surface area contributed by atoms with Gasteiger partial charge in [-0.25, -0.2) is 24.7 Å². The summed E-state index contributed by atoms with van der Waals surface area (Å²) < 4.78 is 48.9. The smallest absolute Gasteiger partial charge is 0.419 e. The third-order valence-electron chi connectivity index (χ3n) is 4.62. The second-order valence-electron chi connectivity index (χ2n) is 8.81. The van der Waals surface area contributed by atoms with Gasteiger partial charge in [0.25, 0.3) is 0 Å². The summed E-state index contributed by atoms with van der Waals surface area (Å²) >= 11 is 0. The lowest BCUT2D eigenvalue weighted by Gasteiger charge is -2.33. The van der Waals surface area contributed by atoms with Crippen LogP contribution in [0, 0.1) is 0 Å². The van der Waals surface area contributed by atoms with Crippen LogP contribution >= 0.6 is 0 Å². The summed E-state index contributed by atoms with van der Waals surface area (Å²) in [5.74, 6) is 0.198. The summed E-state index contributed by atoms with van der Waals surface area (Å²) in [5, 5.41) is 2.65. The molecule has 0 radical (unpaired) electrons. The molecule has 2 aromatic rings. The van der Waals surface area contributed by atoms with E-state index in [1.54, 1.807) is 27.7 Å². The molecule has 3 rings (SSSR count). The Balaban J connectivity index is 1.56. The molecule has 2 amide bonds. The first kappa shape index (κ1) is 25.9. The van der Waals surface area contributed by atoms with Gasteiger partial charge in [-0.1, -0.05) is 0 Å². The van der Waals surface area contributed by atoms with Crippen LogP contribution in [0.25, 0.3) is 0 Å². The van der Waals surface area contributed by atoms with Crippen LogP contribution in [-0.2, 0) is 15.7 Å². The van der Waals surface area contributed by atoms with Crippen molar-refractivity contribution >= 4 is 23.8 Å². The first-order chi connectivity index (χ1) is 16.3. The third kappa shape index (κ3) is 7.39. The molecule has 1 fully saturated rings. The highest BCUT2D eigenvalue weighted by Crippen LogP contribution is 2.28. The molecule has 1 unspecified atom stereocenters. The van der Waals surface area contributed by atoms with Crippen LogP contribution in [0.4, 0.5) is 29.7 Å². The average Bonchev–Trinajstić information content (AvgIpc) is 2.76. The fourth-order valence-corrected chi connectivity index (χ4v) is 3.03. The molecule has 1 aliphatic heterocycles.